The van der Waals surface area contributed by atoms with Crippen molar-refractivity contribution in [1.82, 2.24) is 9.03 Å². The van der Waals surface area contributed by atoms with E-state index in [9.17, 15) is 16.8 Å². The molecule has 2 aromatic carbocycles. The van der Waals surface area contributed by atoms with Gasteiger partial charge in [0.2, 0.25) is 20.0 Å². The van der Waals surface area contributed by atoms with Crippen molar-refractivity contribution in [3.8, 4) is 11.5 Å². The van der Waals surface area contributed by atoms with Crippen LogP contribution in [0.5, 0.6) is 11.5 Å². The zero-order valence-electron chi connectivity index (χ0n) is 15.5. The number of nitrogens with zero attached hydrogens (tertiary/aromatic N) is 1. The van der Waals surface area contributed by atoms with Gasteiger partial charge in [0.15, 0.2) is 0 Å². The van der Waals surface area contributed by atoms with Crippen molar-refractivity contribution < 1.29 is 26.3 Å². The largest absolute Gasteiger partial charge is 0.495 e. The van der Waals surface area contributed by atoms with Crippen molar-refractivity contribution in [3.05, 3.63) is 47.5 Å². The van der Waals surface area contributed by atoms with Crippen molar-refractivity contribution >= 4 is 31.6 Å². The van der Waals surface area contributed by atoms with E-state index < -0.39 is 20.0 Å². The summed E-state index contributed by atoms with van der Waals surface area (Å²) >= 11 is 5.95. The Balaban J connectivity index is 1.92. The molecule has 0 atom stereocenters. The quantitative estimate of drug-likeness (QED) is 0.588. The molecule has 0 amide bonds. The van der Waals surface area contributed by atoms with Crippen LogP contribution in [-0.2, 0) is 20.0 Å². The SMILES string of the molecule is COc1ccc(S(=O)(=O)NCCOc2ccc(S(=O)(=O)N(C)C)cc2)cc1Cl. The van der Waals surface area contributed by atoms with Crippen LogP contribution in [0.2, 0.25) is 5.02 Å². The Bertz CT molecular complexity index is 1020. The van der Waals surface area contributed by atoms with Gasteiger partial charge in [0.05, 0.1) is 21.9 Å². The molecule has 28 heavy (non-hydrogen) atoms. The highest BCUT2D eigenvalue weighted by atomic mass is 35.5. The molecule has 0 saturated heterocycles. The maximum atomic E-state index is 12.3. The first-order valence-corrected chi connectivity index (χ1v) is 11.4. The van der Waals surface area contributed by atoms with Crippen LogP contribution in [0.15, 0.2) is 52.3 Å². The van der Waals surface area contributed by atoms with E-state index in [4.69, 9.17) is 21.1 Å². The van der Waals surface area contributed by atoms with Crippen LogP contribution in [0.4, 0.5) is 0 Å². The molecule has 11 heteroatoms. The number of rotatable bonds is 9. The number of benzene rings is 2. The van der Waals surface area contributed by atoms with E-state index in [0.717, 1.165) is 4.31 Å². The van der Waals surface area contributed by atoms with Crippen molar-refractivity contribution in [2.24, 2.45) is 0 Å². The van der Waals surface area contributed by atoms with Gasteiger partial charge in [0.1, 0.15) is 18.1 Å². The fourth-order valence-corrected chi connectivity index (χ4v) is 4.42. The first-order chi connectivity index (χ1) is 13.1. The molecular weight excluding hydrogens is 428 g/mol. The molecular formula is C17H21ClN2O6S2. The molecule has 2 aromatic rings. The summed E-state index contributed by atoms with van der Waals surface area (Å²) in [6, 6.07) is 10.0. The lowest BCUT2D eigenvalue weighted by Crippen LogP contribution is -2.28. The van der Waals surface area contributed by atoms with Crippen LogP contribution < -0.4 is 14.2 Å². The normalized spacial score (nSPS) is 12.2. The second-order valence-electron chi connectivity index (χ2n) is 5.80. The van der Waals surface area contributed by atoms with Gasteiger partial charge in [-0.3, -0.25) is 0 Å². The third-order valence-electron chi connectivity index (χ3n) is 3.70. The minimum atomic E-state index is -3.75. The van der Waals surface area contributed by atoms with Gasteiger partial charge in [-0.2, -0.15) is 0 Å². The highest BCUT2D eigenvalue weighted by Crippen LogP contribution is 2.26. The third kappa shape index (κ3) is 5.36. The summed E-state index contributed by atoms with van der Waals surface area (Å²) in [4.78, 5) is 0.151. The molecule has 0 spiro atoms. The molecule has 0 unspecified atom stereocenters. The number of halogens is 1. The summed E-state index contributed by atoms with van der Waals surface area (Å²) in [6.45, 7) is 0.0760. The second kappa shape index (κ2) is 9.10. The molecule has 0 aliphatic carbocycles. The van der Waals surface area contributed by atoms with Gasteiger partial charge in [-0.15, -0.1) is 0 Å². The summed E-state index contributed by atoms with van der Waals surface area (Å²) in [6.07, 6.45) is 0. The van der Waals surface area contributed by atoms with E-state index >= 15 is 0 Å². The van der Waals surface area contributed by atoms with Crippen LogP contribution in [0.25, 0.3) is 0 Å². The predicted octanol–water partition coefficient (Wildman–Crippen LogP) is 1.96. The van der Waals surface area contributed by atoms with Crippen molar-refractivity contribution in [1.29, 1.82) is 0 Å². The Kier molecular flexibility index (Phi) is 7.29. The first kappa shape index (κ1) is 22.4. The summed E-state index contributed by atoms with van der Waals surface area (Å²) in [5.41, 5.74) is 0. The van der Waals surface area contributed by atoms with Crippen LogP contribution in [-0.4, -0.2) is 55.5 Å². The smallest absolute Gasteiger partial charge is 0.242 e. The van der Waals surface area contributed by atoms with Gasteiger partial charge >= 0.3 is 0 Å². The molecule has 0 bridgehead atoms. The van der Waals surface area contributed by atoms with E-state index in [1.165, 1.54) is 63.7 Å². The van der Waals surface area contributed by atoms with Gasteiger partial charge in [-0.25, -0.2) is 25.9 Å². The molecule has 2 rings (SSSR count). The molecule has 0 saturated carbocycles. The molecule has 0 aromatic heterocycles. The Morgan fingerprint density at radius 2 is 1.61 bits per heavy atom. The van der Waals surface area contributed by atoms with E-state index in [0.29, 0.717) is 11.5 Å². The van der Waals surface area contributed by atoms with Gasteiger partial charge in [0.25, 0.3) is 0 Å². The van der Waals surface area contributed by atoms with Crippen LogP contribution in [0.3, 0.4) is 0 Å². The average molecular weight is 449 g/mol. The molecule has 0 aliphatic rings. The minimum absolute atomic E-state index is 0.0107. The zero-order chi connectivity index (χ0) is 20.9. The fraction of sp³-hybridized carbons (Fsp3) is 0.294. The summed E-state index contributed by atoms with van der Waals surface area (Å²) < 4.78 is 62.5. The van der Waals surface area contributed by atoms with E-state index in [2.05, 4.69) is 4.72 Å². The molecule has 0 radical (unpaired) electrons. The lowest BCUT2D eigenvalue weighted by molar-refractivity contribution is 0.322. The maximum Gasteiger partial charge on any atom is 0.242 e. The molecule has 0 heterocycles. The summed E-state index contributed by atoms with van der Waals surface area (Å²) in [5, 5.41) is 0.189. The van der Waals surface area contributed by atoms with Crippen LogP contribution >= 0.6 is 11.6 Å². The van der Waals surface area contributed by atoms with Crippen molar-refractivity contribution in [3.63, 3.8) is 0 Å². The maximum absolute atomic E-state index is 12.3. The molecule has 0 fully saturated rings. The minimum Gasteiger partial charge on any atom is -0.495 e. The number of hydrogen-bond donors (Lipinski definition) is 1. The van der Waals surface area contributed by atoms with Crippen LogP contribution in [0, 0.1) is 0 Å². The van der Waals surface area contributed by atoms with E-state index in [1.807, 2.05) is 0 Å². The molecule has 0 aliphatic heterocycles. The standard InChI is InChI=1S/C17H21ClN2O6S2/c1-20(2)28(23,24)14-6-4-13(5-7-14)26-11-10-19-27(21,22)15-8-9-17(25-3)16(18)12-15/h4-9,12,19H,10-11H2,1-3H3. The highest BCUT2D eigenvalue weighted by molar-refractivity contribution is 7.89. The van der Waals surface area contributed by atoms with Gasteiger partial charge < -0.3 is 9.47 Å². The zero-order valence-corrected chi connectivity index (χ0v) is 17.9. The number of methoxy groups -OCH3 is 1. The van der Waals surface area contributed by atoms with Crippen molar-refractivity contribution in [2.75, 3.05) is 34.4 Å². The van der Waals surface area contributed by atoms with Gasteiger partial charge in [-0.1, -0.05) is 11.6 Å². The van der Waals surface area contributed by atoms with E-state index in [-0.39, 0.29) is 28.0 Å². The fourth-order valence-electron chi connectivity index (χ4n) is 2.16. The first-order valence-electron chi connectivity index (χ1n) is 8.06. The van der Waals surface area contributed by atoms with E-state index in [1.54, 1.807) is 0 Å². The average Bonchev–Trinajstić information content (AvgIpc) is 2.65. The molecule has 8 nitrogen and oxygen atoms in total. The highest BCUT2D eigenvalue weighted by Gasteiger charge is 2.17. The Hall–Kier alpha value is -1.85. The monoisotopic (exact) mass is 448 g/mol. The topological polar surface area (TPSA) is 102 Å². The Labute approximate surface area is 170 Å². The Morgan fingerprint density at radius 1 is 1.00 bits per heavy atom. The number of ether oxygens (including phenoxy) is 2. The predicted molar refractivity (Wildman–Crippen MR) is 106 cm³/mol. The molecule has 1 N–H and O–H groups in total. The second-order valence-corrected chi connectivity index (χ2v) is 10.1. The van der Waals surface area contributed by atoms with Crippen molar-refractivity contribution in [2.45, 2.75) is 9.79 Å². The van der Waals surface area contributed by atoms with Gasteiger partial charge in [0, 0.05) is 20.6 Å². The van der Waals surface area contributed by atoms with Crippen LogP contribution in [0.1, 0.15) is 0 Å². The number of hydrogen-bond acceptors (Lipinski definition) is 6. The summed E-state index contributed by atoms with van der Waals surface area (Å²) in [7, 11) is -2.93. The lowest BCUT2D eigenvalue weighted by Gasteiger charge is -2.12. The summed E-state index contributed by atoms with van der Waals surface area (Å²) in [5.74, 6) is 0.799. The third-order valence-corrected chi connectivity index (χ3v) is 7.28. The lowest BCUT2D eigenvalue weighted by atomic mass is 10.3. The molecule has 154 valence electrons. The Morgan fingerprint density at radius 3 is 2.14 bits per heavy atom. The van der Waals surface area contributed by atoms with Gasteiger partial charge in [-0.05, 0) is 42.5 Å². The number of nitrogens with one attached hydrogen (secondary N) is 1. The number of sulfonamides is 2.